The van der Waals surface area contributed by atoms with E-state index < -0.39 is 0 Å². The molecule has 1 nitrogen and oxygen atoms in total. The van der Waals surface area contributed by atoms with Gasteiger partial charge < -0.3 is 4.74 Å². The van der Waals surface area contributed by atoms with Gasteiger partial charge in [0.15, 0.2) is 0 Å². The van der Waals surface area contributed by atoms with E-state index >= 15 is 0 Å². The number of hydrogen-bond acceptors (Lipinski definition) is 1. The number of halogens is 1. The molecule has 5 atom stereocenters. The summed E-state index contributed by atoms with van der Waals surface area (Å²) in [5.41, 5.74) is 0. The first-order valence-corrected chi connectivity index (χ1v) is 10.0. The lowest BCUT2D eigenvalue weighted by Crippen LogP contribution is -2.49. The first-order valence-electron chi connectivity index (χ1n) is 9.57. The van der Waals surface area contributed by atoms with Gasteiger partial charge in [-0.25, -0.2) is 0 Å². The van der Waals surface area contributed by atoms with Crippen LogP contribution in [0.1, 0.15) is 90.9 Å². The van der Waals surface area contributed by atoms with Crippen molar-refractivity contribution in [3.05, 3.63) is 0 Å². The van der Waals surface area contributed by atoms with E-state index in [4.69, 9.17) is 16.3 Å². The Labute approximate surface area is 137 Å². The van der Waals surface area contributed by atoms with Crippen LogP contribution in [-0.2, 0) is 4.74 Å². The van der Waals surface area contributed by atoms with Crippen LogP contribution in [0.5, 0.6) is 0 Å². The fourth-order valence-corrected chi connectivity index (χ4v) is 4.94. The van der Waals surface area contributed by atoms with Crippen molar-refractivity contribution in [2.75, 3.05) is 0 Å². The number of alkyl halides is 1. The Kier molecular flexibility index (Phi) is 7.88. The molecule has 0 radical (unpaired) electrons. The van der Waals surface area contributed by atoms with Gasteiger partial charge in [0.2, 0.25) is 0 Å². The summed E-state index contributed by atoms with van der Waals surface area (Å²) in [4.78, 5) is 0. The molecule has 1 aliphatic heterocycles. The highest BCUT2D eigenvalue weighted by Crippen LogP contribution is 2.44. The highest BCUT2D eigenvalue weighted by atomic mass is 35.5. The lowest BCUT2D eigenvalue weighted by Gasteiger charge is -2.47. The van der Waals surface area contributed by atoms with Gasteiger partial charge in [0.05, 0.1) is 12.2 Å². The van der Waals surface area contributed by atoms with Gasteiger partial charge >= 0.3 is 0 Å². The monoisotopic (exact) mass is 314 g/mol. The molecule has 2 rings (SSSR count). The first kappa shape index (κ1) is 17.6. The summed E-state index contributed by atoms with van der Waals surface area (Å²) in [6, 6.07) is 0. The molecule has 1 aliphatic carbocycles. The molecule has 0 bridgehead atoms. The Hall–Kier alpha value is 0.250. The molecule has 2 heteroatoms. The maximum Gasteiger partial charge on any atom is 0.0621 e. The number of ether oxygens (including phenoxy) is 1. The molecule has 1 saturated carbocycles. The molecular weight excluding hydrogens is 280 g/mol. The van der Waals surface area contributed by atoms with E-state index in [2.05, 4.69) is 13.8 Å². The average molecular weight is 315 g/mol. The van der Waals surface area contributed by atoms with Crippen LogP contribution < -0.4 is 0 Å². The zero-order chi connectivity index (χ0) is 15.1. The molecule has 2 aliphatic rings. The van der Waals surface area contributed by atoms with Gasteiger partial charge in [0, 0.05) is 17.2 Å². The molecule has 0 N–H and O–H groups in total. The minimum Gasteiger partial charge on any atom is -0.374 e. The molecular formula is C19H35ClO. The van der Waals surface area contributed by atoms with E-state index in [9.17, 15) is 0 Å². The Morgan fingerprint density at radius 2 is 1.57 bits per heavy atom. The van der Waals surface area contributed by atoms with Crippen LogP contribution in [0.2, 0.25) is 0 Å². The molecule has 2 fully saturated rings. The number of rotatable bonds is 8. The third-order valence-corrected chi connectivity index (χ3v) is 6.28. The molecule has 0 aromatic rings. The van der Waals surface area contributed by atoms with Gasteiger partial charge in [-0.15, -0.1) is 11.6 Å². The Morgan fingerprint density at radius 1 is 0.905 bits per heavy atom. The number of fused-ring (bicyclic) bond motifs is 1. The maximum atomic E-state index is 6.96. The average Bonchev–Trinajstić information content (AvgIpc) is 2.50. The van der Waals surface area contributed by atoms with E-state index in [0.29, 0.717) is 29.4 Å². The van der Waals surface area contributed by atoms with Gasteiger partial charge in [-0.05, 0) is 25.7 Å². The van der Waals surface area contributed by atoms with Crippen molar-refractivity contribution in [3.8, 4) is 0 Å². The minimum absolute atomic E-state index is 0.368. The molecule has 1 saturated heterocycles. The second kappa shape index (κ2) is 9.40. The first-order chi connectivity index (χ1) is 10.3. The van der Waals surface area contributed by atoms with E-state index in [1.54, 1.807) is 0 Å². The van der Waals surface area contributed by atoms with E-state index in [1.807, 2.05) is 0 Å². The van der Waals surface area contributed by atoms with E-state index in [-0.39, 0.29) is 0 Å². The lowest BCUT2D eigenvalue weighted by molar-refractivity contribution is -0.131. The van der Waals surface area contributed by atoms with Gasteiger partial charge in [0.1, 0.15) is 0 Å². The summed E-state index contributed by atoms with van der Waals surface area (Å²) in [6.45, 7) is 4.56. The second-order valence-corrected chi connectivity index (χ2v) is 7.77. The molecule has 124 valence electrons. The molecule has 21 heavy (non-hydrogen) atoms. The van der Waals surface area contributed by atoms with Crippen LogP contribution >= 0.6 is 11.6 Å². The molecule has 0 unspecified atom stereocenters. The quantitative estimate of drug-likeness (QED) is 0.376. The Bertz CT molecular complexity index is 281. The second-order valence-electron chi connectivity index (χ2n) is 7.26. The highest BCUT2D eigenvalue weighted by molar-refractivity contribution is 6.21. The molecule has 0 aromatic carbocycles. The van der Waals surface area contributed by atoms with Crippen molar-refractivity contribution in [3.63, 3.8) is 0 Å². The molecule has 0 amide bonds. The summed E-state index contributed by atoms with van der Waals surface area (Å²) in [5.74, 6) is 1.24. The van der Waals surface area contributed by atoms with Crippen molar-refractivity contribution in [2.24, 2.45) is 11.8 Å². The minimum atomic E-state index is 0.368. The lowest BCUT2D eigenvalue weighted by atomic mass is 9.73. The summed E-state index contributed by atoms with van der Waals surface area (Å²) in [5, 5.41) is 0.368. The fraction of sp³-hybridized carbons (Fsp3) is 1.00. The van der Waals surface area contributed by atoms with Gasteiger partial charge in [-0.1, -0.05) is 65.2 Å². The molecule has 0 aromatic heterocycles. The third kappa shape index (κ3) is 4.86. The zero-order valence-corrected chi connectivity index (χ0v) is 14.9. The van der Waals surface area contributed by atoms with Gasteiger partial charge in [0.25, 0.3) is 0 Å². The van der Waals surface area contributed by atoms with Crippen LogP contribution in [0.15, 0.2) is 0 Å². The standard InChI is InChI=1S/C19H35ClO/c1-3-5-7-11-15-17(13-8-6-4-2)21-18-14-10-9-12-16(18)19(15)20/h15-19H,3-14H2,1-2H3/t15-,16-,17+,18-,19+/m0/s1. The van der Waals surface area contributed by atoms with Crippen molar-refractivity contribution >= 4 is 11.6 Å². The van der Waals surface area contributed by atoms with Crippen LogP contribution in [0.25, 0.3) is 0 Å². The van der Waals surface area contributed by atoms with Crippen molar-refractivity contribution in [1.29, 1.82) is 0 Å². The normalized spacial score (nSPS) is 36.4. The highest BCUT2D eigenvalue weighted by Gasteiger charge is 2.44. The van der Waals surface area contributed by atoms with Gasteiger partial charge in [-0.3, -0.25) is 0 Å². The summed E-state index contributed by atoms with van der Waals surface area (Å²) in [6.07, 6.45) is 16.6. The molecule has 1 heterocycles. The van der Waals surface area contributed by atoms with Crippen LogP contribution in [0, 0.1) is 11.8 Å². The predicted molar refractivity (Wildman–Crippen MR) is 92.0 cm³/mol. The van der Waals surface area contributed by atoms with E-state index in [1.165, 1.54) is 77.0 Å². The largest absolute Gasteiger partial charge is 0.374 e. The van der Waals surface area contributed by atoms with Gasteiger partial charge in [-0.2, -0.15) is 0 Å². The smallest absolute Gasteiger partial charge is 0.0621 e. The summed E-state index contributed by atoms with van der Waals surface area (Å²) in [7, 11) is 0. The number of unbranched alkanes of at least 4 members (excludes halogenated alkanes) is 4. The number of hydrogen-bond donors (Lipinski definition) is 0. The van der Waals surface area contributed by atoms with Crippen molar-refractivity contribution < 1.29 is 4.74 Å². The fourth-order valence-electron chi connectivity index (χ4n) is 4.36. The van der Waals surface area contributed by atoms with Crippen molar-refractivity contribution in [2.45, 2.75) is 108 Å². The maximum absolute atomic E-state index is 6.96. The topological polar surface area (TPSA) is 9.23 Å². The van der Waals surface area contributed by atoms with Crippen LogP contribution in [0.4, 0.5) is 0 Å². The van der Waals surface area contributed by atoms with Crippen molar-refractivity contribution in [1.82, 2.24) is 0 Å². The SMILES string of the molecule is CCCCC[C@@H]1[C@@H](Cl)[C@H]2CCCC[C@@H]2O[C@@H]1CCCCC. The predicted octanol–water partition coefficient (Wildman–Crippen LogP) is 6.33. The Morgan fingerprint density at radius 3 is 2.29 bits per heavy atom. The third-order valence-electron chi connectivity index (χ3n) is 5.63. The van der Waals surface area contributed by atoms with E-state index in [0.717, 1.165) is 0 Å². The van der Waals surface area contributed by atoms with Crippen LogP contribution in [0.3, 0.4) is 0 Å². The summed E-state index contributed by atoms with van der Waals surface area (Å²) >= 11 is 6.96. The Balaban J connectivity index is 1.95. The summed E-state index contributed by atoms with van der Waals surface area (Å²) < 4.78 is 6.57. The van der Waals surface area contributed by atoms with Crippen LogP contribution in [-0.4, -0.2) is 17.6 Å². The zero-order valence-electron chi connectivity index (χ0n) is 14.2. The molecule has 0 spiro atoms.